The Morgan fingerprint density at radius 1 is 1.47 bits per heavy atom. The van der Waals surface area contributed by atoms with Crippen molar-refractivity contribution in [1.29, 1.82) is 0 Å². The normalized spacial score (nSPS) is 24.0. The van der Waals surface area contributed by atoms with Gasteiger partial charge in [0.05, 0.1) is 12.1 Å². The fourth-order valence-corrected chi connectivity index (χ4v) is 2.78. The summed E-state index contributed by atoms with van der Waals surface area (Å²) in [6, 6.07) is 6.24. The molecule has 2 unspecified atom stereocenters. The molecule has 0 amide bonds. The number of alkyl halides is 1. The lowest BCUT2D eigenvalue weighted by atomic mass is 10.1. The number of benzene rings is 1. The van der Waals surface area contributed by atoms with E-state index in [4.69, 9.17) is 27.9 Å². The molecule has 17 heavy (non-hydrogen) atoms. The number of anilines is 1. The highest BCUT2D eigenvalue weighted by Gasteiger charge is 2.28. The smallest absolute Gasteiger partial charge is 0.0750 e. The van der Waals surface area contributed by atoms with Crippen LogP contribution in [0, 0.1) is 0 Å². The molecular weight excluding hydrogens is 257 g/mol. The molecular formula is C13H17Cl2NO. The lowest BCUT2D eigenvalue weighted by Crippen LogP contribution is -2.37. The number of ether oxygens (including phenoxy) is 1. The van der Waals surface area contributed by atoms with Gasteiger partial charge in [0.25, 0.3) is 0 Å². The Kier molecular flexibility index (Phi) is 4.18. The first kappa shape index (κ1) is 13.0. The summed E-state index contributed by atoms with van der Waals surface area (Å²) in [5.74, 6) is 0.499. The third-order valence-electron chi connectivity index (χ3n) is 3.40. The van der Waals surface area contributed by atoms with Gasteiger partial charge in [0.1, 0.15) is 0 Å². The summed E-state index contributed by atoms with van der Waals surface area (Å²) in [5, 5.41) is 0.743. The standard InChI is InChI=1S/C13H17Cl2NO/c1-9-12(5-6-17-9)16(2)13-7-11(15)4-3-10(13)8-14/h3-4,7,9,12H,5-6,8H2,1-2H3. The minimum absolute atomic E-state index is 0.252. The van der Waals surface area contributed by atoms with Gasteiger partial charge in [-0.25, -0.2) is 0 Å². The predicted octanol–water partition coefficient (Wildman–Crippen LogP) is 3.69. The predicted molar refractivity (Wildman–Crippen MR) is 73.2 cm³/mol. The van der Waals surface area contributed by atoms with Crippen LogP contribution in [0.25, 0.3) is 0 Å². The van der Waals surface area contributed by atoms with E-state index in [0.717, 1.165) is 29.3 Å². The Bertz CT molecular complexity index is 397. The lowest BCUT2D eigenvalue weighted by molar-refractivity contribution is 0.118. The second-order valence-electron chi connectivity index (χ2n) is 4.45. The van der Waals surface area contributed by atoms with Gasteiger partial charge in [-0.3, -0.25) is 0 Å². The second-order valence-corrected chi connectivity index (χ2v) is 5.15. The number of rotatable bonds is 3. The molecule has 0 spiro atoms. The number of halogens is 2. The molecule has 2 atom stereocenters. The average Bonchev–Trinajstić information content (AvgIpc) is 2.74. The van der Waals surface area contributed by atoms with E-state index >= 15 is 0 Å². The molecule has 1 aliphatic heterocycles. The first-order valence-corrected chi connectivity index (χ1v) is 6.73. The summed E-state index contributed by atoms with van der Waals surface area (Å²) < 4.78 is 5.60. The second kappa shape index (κ2) is 5.47. The maximum atomic E-state index is 6.06. The molecule has 94 valence electrons. The molecule has 2 nitrogen and oxygen atoms in total. The van der Waals surface area contributed by atoms with E-state index in [0.29, 0.717) is 11.9 Å². The van der Waals surface area contributed by atoms with E-state index in [1.165, 1.54) is 0 Å². The molecule has 0 N–H and O–H groups in total. The highest BCUT2D eigenvalue weighted by atomic mass is 35.5. The molecule has 0 saturated carbocycles. The van der Waals surface area contributed by atoms with Crippen LogP contribution < -0.4 is 4.90 Å². The van der Waals surface area contributed by atoms with Gasteiger partial charge < -0.3 is 9.64 Å². The number of likely N-dealkylation sites (N-methyl/N-ethyl adjacent to an activating group) is 1. The molecule has 0 bridgehead atoms. The molecule has 1 saturated heterocycles. The molecule has 0 aromatic heterocycles. The molecule has 0 radical (unpaired) electrons. The van der Waals surface area contributed by atoms with Crippen LogP contribution in [0.4, 0.5) is 5.69 Å². The summed E-state index contributed by atoms with van der Waals surface area (Å²) in [6.07, 6.45) is 1.30. The quantitative estimate of drug-likeness (QED) is 0.779. The zero-order valence-corrected chi connectivity index (χ0v) is 11.6. The van der Waals surface area contributed by atoms with Crippen molar-refractivity contribution < 1.29 is 4.74 Å². The van der Waals surface area contributed by atoms with Gasteiger partial charge in [-0.15, -0.1) is 11.6 Å². The fourth-order valence-electron chi connectivity index (χ4n) is 2.39. The van der Waals surface area contributed by atoms with Crippen LogP contribution in [0.5, 0.6) is 0 Å². The number of hydrogen-bond donors (Lipinski definition) is 0. The third kappa shape index (κ3) is 2.70. The minimum atomic E-state index is 0.252. The topological polar surface area (TPSA) is 12.5 Å². The monoisotopic (exact) mass is 273 g/mol. The first-order chi connectivity index (χ1) is 8.13. The Morgan fingerprint density at radius 3 is 2.82 bits per heavy atom. The van der Waals surface area contributed by atoms with Gasteiger partial charge in [-0.1, -0.05) is 17.7 Å². The van der Waals surface area contributed by atoms with E-state index in [1.54, 1.807) is 0 Å². The molecule has 1 aromatic rings. The zero-order chi connectivity index (χ0) is 12.4. The van der Waals surface area contributed by atoms with E-state index in [-0.39, 0.29) is 6.10 Å². The Hall–Kier alpha value is -0.440. The molecule has 1 heterocycles. The first-order valence-electron chi connectivity index (χ1n) is 5.82. The van der Waals surface area contributed by atoms with Crippen molar-refractivity contribution in [2.24, 2.45) is 0 Å². The van der Waals surface area contributed by atoms with Crippen LogP contribution in [-0.4, -0.2) is 25.8 Å². The van der Waals surface area contributed by atoms with Crippen LogP contribution in [0.2, 0.25) is 5.02 Å². The summed E-state index contributed by atoms with van der Waals surface area (Å²) in [6.45, 7) is 2.94. The van der Waals surface area contributed by atoms with Crippen LogP contribution in [0.15, 0.2) is 18.2 Å². The Balaban J connectivity index is 2.28. The van der Waals surface area contributed by atoms with Crippen molar-refractivity contribution in [3.05, 3.63) is 28.8 Å². The van der Waals surface area contributed by atoms with Crippen LogP contribution >= 0.6 is 23.2 Å². The van der Waals surface area contributed by atoms with E-state index in [2.05, 4.69) is 18.9 Å². The Labute approximate surface area is 112 Å². The van der Waals surface area contributed by atoms with Gasteiger partial charge in [-0.05, 0) is 31.0 Å². The average molecular weight is 274 g/mol. The van der Waals surface area contributed by atoms with Crippen molar-refractivity contribution in [2.45, 2.75) is 31.4 Å². The maximum absolute atomic E-state index is 6.06. The summed E-state index contributed by atoms with van der Waals surface area (Å²) in [4.78, 5) is 2.24. The van der Waals surface area contributed by atoms with Gasteiger partial charge in [-0.2, -0.15) is 0 Å². The van der Waals surface area contributed by atoms with Crippen molar-refractivity contribution >= 4 is 28.9 Å². The van der Waals surface area contributed by atoms with E-state index in [9.17, 15) is 0 Å². The summed E-state index contributed by atoms with van der Waals surface area (Å²) in [7, 11) is 2.08. The highest BCUT2D eigenvalue weighted by molar-refractivity contribution is 6.31. The van der Waals surface area contributed by atoms with Crippen molar-refractivity contribution in [3.63, 3.8) is 0 Å². The van der Waals surface area contributed by atoms with Crippen LogP contribution in [0.1, 0.15) is 18.9 Å². The fraction of sp³-hybridized carbons (Fsp3) is 0.538. The Morgan fingerprint density at radius 2 is 2.24 bits per heavy atom. The van der Waals surface area contributed by atoms with E-state index < -0.39 is 0 Å². The number of nitrogens with zero attached hydrogens (tertiary/aromatic N) is 1. The molecule has 2 rings (SSSR count). The van der Waals surface area contributed by atoms with Crippen molar-refractivity contribution in [1.82, 2.24) is 0 Å². The third-order valence-corrected chi connectivity index (χ3v) is 3.93. The number of hydrogen-bond acceptors (Lipinski definition) is 2. The molecule has 4 heteroatoms. The summed E-state index contributed by atoms with van der Waals surface area (Å²) >= 11 is 12.0. The summed E-state index contributed by atoms with van der Waals surface area (Å²) in [5.41, 5.74) is 2.22. The molecule has 1 aromatic carbocycles. The largest absolute Gasteiger partial charge is 0.376 e. The van der Waals surface area contributed by atoms with E-state index in [1.807, 2.05) is 18.2 Å². The zero-order valence-electron chi connectivity index (χ0n) is 10.1. The van der Waals surface area contributed by atoms with Crippen molar-refractivity contribution in [2.75, 3.05) is 18.6 Å². The molecule has 1 aliphatic rings. The van der Waals surface area contributed by atoms with Gasteiger partial charge in [0.15, 0.2) is 0 Å². The minimum Gasteiger partial charge on any atom is -0.376 e. The van der Waals surface area contributed by atoms with Gasteiger partial charge in [0.2, 0.25) is 0 Å². The van der Waals surface area contributed by atoms with Gasteiger partial charge in [0, 0.05) is 30.2 Å². The molecule has 0 aliphatic carbocycles. The van der Waals surface area contributed by atoms with Crippen LogP contribution in [-0.2, 0) is 10.6 Å². The maximum Gasteiger partial charge on any atom is 0.0750 e. The molecule has 1 fully saturated rings. The van der Waals surface area contributed by atoms with Crippen LogP contribution in [0.3, 0.4) is 0 Å². The SMILES string of the molecule is CC1OCCC1N(C)c1cc(Cl)ccc1CCl. The van der Waals surface area contributed by atoms with Gasteiger partial charge >= 0.3 is 0 Å². The van der Waals surface area contributed by atoms with Crippen molar-refractivity contribution in [3.8, 4) is 0 Å². The lowest BCUT2D eigenvalue weighted by Gasteiger charge is -2.30. The highest BCUT2D eigenvalue weighted by Crippen LogP contribution is 2.30.